The Morgan fingerprint density at radius 1 is 1.37 bits per heavy atom. The summed E-state index contributed by atoms with van der Waals surface area (Å²) in [5, 5.41) is 3.46. The molecular weight excluding hydrogens is 236 g/mol. The van der Waals surface area contributed by atoms with Crippen molar-refractivity contribution in [2.24, 2.45) is 7.05 Å². The molecule has 1 atom stereocenters. The number of para-hydroxylation sites is 2. The number of benzene rings is 1. The van der Waals surface area contributed by atoms with E-state index in [-0.39, 0.29) is 0 Å². The number of aromatic nitrogens is 2. The van der Waals surface area contributed by atoms with Gasteiger partial charge in [0, 0.05) is 26.2 Å². The summed E-state index contributed by atoms with van der Waals surface area (Å²) in [5.74, 6) is 1.11. The molecule has 0 spiro atoms. The smallest absolute Gasteiger partial charge is 0.206 e. The summed E-state index contributed by atoms with van der Waals surface area (Å²) in [6.07, 6.45) is 2.52. The summed E-state index contributed by atoms with van der Waals surface area (Å²) in [7, 11) is 2.12. The second kappa shape index (κ2) is 5.21. The van der Waals surface area contributed by atoms with Gasteiger partial charge in [-0.05, 0) is 31.5 Å². The van der Waals surface area contributed by atoms with Gasteiger partial charge in [-0.2, -0.15) is 0 Å². The zero-order valence-corrected chi connectivity index (χ0v) is 11.8. The molecule has 0 saturated carbocycles. The van der Waals surface area contributed by atoms with E-state index in [0.717, 1.165) is 31.1 Å². The van der Waals surface area contributed by atoms with Gasteiger partial charge in [-0.3, -0.25) is 0 Å². The summed E-state index contributed by atoms with van der Waals surface area (Å²) in [4.78, 5) is 7.27. The number of likely N-dealkylation sites (N-methyl/N-ethyl adjacent to an activating group) is 1. The van der Waals surface area contributed by atoms with Crippen LogP contribution >= 0.6 is 0 Å². The molecule has 1 N–H and O–H groups in total. The van der Waals surface area contributed by atoms with Gasteiger partial charge in [0.15, 0.2) is 0 Å². The molecule has 4 nitrogen and oxygen atoms in total. The molecule has 2 aromatic rings. The maximum atomic E-state index is 4.81. The summed E-state index contributed by atoms with van der Waals surface area (Å²) >= 11 is 0. The number of rotatable bonds is 4. The van der Waals surface area contributed by atoms with Crippen LogP contribution in [0.1, 0.15) is 19.8 Å². The van der Waals surface area contributed by atoms with Gasteiger partial charge in [-0.25, -0.2) is 4.98 Å². The number of fused-ring (bicyclic) bond motifs is 1. The van der Waals surface area contributed by atoms with Crippen LogP contribution in [0.15, 0.2) is 24.3 Å². The van der Waals surface area contributed by atoms with E-state index in [1.165, 1.54) is 18.4 Å². The topological polar surface area (TPSA) is 33.1 Å². The Morgan fingerprint density at radius 3 is 3.00 bits per heavy atom. The van der Waals surface area contributed by atoms with Crippen LogP contribution in [0.5, 0.6) is 0 Å². The number of hydrogen-bond acceptors (Lipinski definition) is 3. The van der Waals surface area contributed by atoms with Crippen LogP contribution in [0.25, 0.3) is 11.0 Å². The number of nitrogens with zero attached hydrogens (tertiary/aromatic N) is 3. The maximum absolute atomic E-state index is 4.81. The molecule has 1 saturated heterocycles. The van der Waals surface area contributed by atoms with Crippen LogP contribution < -0.4 is 10.2 Å². The number of anilines is 1. The fourth-order valence-corrected chi connectivity index (χ4v) is 3.01. The zero-order chi connectivity index (χ0) is 13.2. The van der Waals surface area contributed by atoms with E-state index in [9.17, 15) is 0 Å². The standard InChI is InChI=1S/C15H22N4/c1-3-16-11-12-7-6-10-19(12)15-17-13-8-4-5-9-14(13)18(15)2/h4-5,8-9,12,16H,3,6-7,10-11H2,1-2H3. The fourth-order valence-electron chi connectivity index (χ4n) is 3.01. The zero-order valence-electron chi connectivity index (χ0n) is 11.8. The van der Waals surface area contributed by atoms with Crippen LogP contribution in [-0.2, 0) is 7.05 Å². The second-order valence-corrected chi connectivity index (χ2v) is 5.26. The molecule has 1 aromatic heterocycles. The van der Waals surface area contributed by atoms with E-state index in [2.05, 4.69) is 53.0 Å². The van der Waals surface area contributed by atoms with Crippen LogP contribution in [0.2, 0.25) is 0 Å². The van der Waals surface area contributed by atoms with E-state index in [4.69, 9.17) is 4.98 Å². The van der Waals surface area contributed by atoms with E-state index in [1.807, 2.05) is 0 Å². The normalized spacial score (nSPS) is 19.5. The van der Waals surface area contributed by atoms with E-state index in [0.29, 0.717) is 6.04 Å². The number of hydrogen-bond donors (Lipinski definition) is 1. The summed E-state index contributed by atoms with van der Waals surface area (Å²) in [6, 6.07) is 8.94. The Bertz CT molecular complexity index is 560. The van der Waals surface area contributed by atoms with Crippen molar-refractivity contribution in [2.45, 2.75) is 25.8 Å². The van der Waals surface area contributed by atoms with Gasteiger partial charge in [-0.15, -0.1) is 0 Å². The molecule has 0 aliphatic carbocycles. The molecule has 0 bridgehead atoms. The molecule has 1 fully saturated rings. The second-order valence-electron chi connectivity index (χ2n) is 5.26. The first-order valence-electron chi connectivity index (χ1n) is 7.20. The van der Waals surface area contributed by atoms with Gasteiger partial charge in [0.05, 0.1) is 11.0 Å². The van der Waals surface area contributed by atoms with Crippen LogP contribution in [0, 0.1) is 0 Å². The number of nitrogens with one attached hydrogen (secondary N) is 1. The molecule has 1 aliphatic heterocycles. The Hall–Kier alpha value is -1.55. The van der Waals surface area contributed by atoms with Crippen molar-refractivity contribution in [1.82, 2.24) is 14.9 Å². The third-order valence-corrected chi connectivity index (χ3v) is 4.03. The lowest BCUT2D eigenvalue weighted by Crippen LogP contribution is -2.39. The summed E-state index contributed by atoms with van der Waals surface area (Å²) < 4.78 is 2.22. The monoisotopic (exact) mass is 258 g/mol. The predicted molar refractivity (Wildman–Crippen MR) is 79.6 cm³/mol. The molecule has 1 aliphatic rings. The van der Waals surface area contributed by atoms with E-state index in [1.54, 1.807) is 0 Å². The third-order valence-electron chi connectivity index (χ3n) is 4.03. The molecule has 0 radical (unpaired) electrons. The first kappa shape index (κ1) is 12.5. The highest BCUT2D eigenvalue weighted by Gasteiger charge is 2.27. The Balaban J connectivity index is 1.92. The highest BCUT2D eigenvalue weighted by molar-refractivity contribution is 5.78. The minimum Gasteiger partial charge on any atom is -0.338 e. The molecule has 1 unspecified atom stereocenters. The van der Waals surface area contributed by atoms with Gasteiger partial charge in [-0.1, -0.05) is 19.1 Å². The van der Waals surface area contributed by atoms with Crippen LogP contribution in [-0.4, -0.2) is 35.2 Å². The highest BCUT2D eigenvalue weighted by atomic mass is 15.3. The lowest BCUT2D eigenvalue weighted by Gasteiger charge is -2.25. The molecular formula is C15H22N4. The number of imidazole rings is 1. The quantitative estimate of drug-likeness (QED) is 0.912. The SMILES string of the molecule is CCNCC1CCCN1c1nc2ccccc2n1C. The average molecular weight is 258 g/mol. The van der Waals surface area contributed by atoms with E-state index < -0.39 is 0 Å². The van der Waals surface area contributed by atoms with Crippen molar-refractivity contribution in [3.63, 3.8) is 0 Å². The molecule has 0 amide bonds. The summed E-state index contributed by atoms with van der Waals surface area (Å²) in [6.45, 7) is 5.37. The van der Waals surface area contributed by atoms with Crippen molar-refractivity contribution in [3.8, 4) is 0 Å². The first-order chi connectivity index (χ1) is 9.31. The van der Waals surface area contributed by atoms with Crippen LogP contribution in [0.3, 0.4) is 0 Å². The van der Waals surface area contributed by atoms with Gasteiger partial charge in [0.1, 0.15) is 0 Å². The Labute approximate surface area is 114 Å². The number of aryl methyl sites for hydroxylation is 1. The minimum atomic E-state index is 0.579. The molecule has 2 heterocycles. The largest absolute Gasteiger partial charge is 0.338 e. The maximum Gasteiger partial charge on any atom is 0.206 e. The minimum absolute atomic E-state index is 0.579. The Morgan fingerprint density at radius 2 is 2.21 bits per heavy atom. The van der Waals surface area contributed by atoms with Crippen molar-refractivity contribution in [3.05, 3.63) is 24.3 Å². The van der Waals surface area contributed by atoms with Crippen molar-refractivity contribution < 1.29 is 0 Å². The molecule has 19 heavy (non-hydrogen) atoms. The van der Waals surface area contributed by atoms with Gasteiger partial charge in [0.25, 0.3) is 0 Å². The van der Waals surface area contributed by atoms with Crippen LogP contribution in [0.4, 0.5) is 5.95 Å². The first-order valence-corrected chi connectivity index (χ1v) is 7.20. The average Bonchev–Trinajstić information content (AvgIpc) is 3.01. The van der Waals surface area contributed by atoms with Crippen molar-refractivity contribution >= 4 is 17.0 Å². The molecule has 3 rings (SSSR count). The Kier molecular flexibility index (Phi) is 3.42. The molecule has 1 aromatic carbocycles. The van der Waals surface area contributed by atoms with Gasteiger partial charge >= 0.3 is 0 Å². The predicted octanol–water partition coefficient (Wildman–Crippen LogP) is 2.15. The highest BCUT2D eigenvalue weighted by Crippen LogP contribution is 2.27. The third kappa shape index (κ3) is 2.21. The van der Waals surface area contributed by atoms with Crippen molar-refractivity contribution in [1.29, 1.82) is 0 Å². The van der Waals surface area contributed by atoms with Crippen molar-refractivity contribution in [2.75, 3.05) is 24.5 Å². The fraction of sp³-hybridized carbons (Fsp3) is 0.533. The lowest BCUT2D eigenvalue weighted by molar-refractivity contribution is 0.577. The lowest BCUT2D eigenvalue weighted by atomic mass is 10.2. The van der Waals surface area contributed by atoms with E-state index >= 15 is 0 Å². The molecule has 4 heteroatoms. The molecule has 102 valence electrons. The van der Waals surface area contributed by atoms with Gasteiger partial charge < -0.3 is 14.8 Å². The summed E-state index contributed by atoms with van der Waals surface area (Å²) in [5.41, 5.74) is 2.31. The van der Waals surface area contributed by atoms with Gasteiger partial charge in [0.2, 0.25) is 5.95 Å².